The topological polar surface area (TPSA) is 63.1 Å². The summed E-state index contributed by atoms with van der Waals surface area (Å²) in [7, 11) is 1.83. The molecule has 1 aromatic carbocycles. The summed E-state index contributed by atoms with van der Waals surface area (Å²) < 4.78 is 1.65. The maximum absolute atomic E-state index is 12.6. The molecule has 1 atom stereocenters. The van der Waals surface area contributed by atoms with Crippen molar-refractivity contribution in [3.8, 4) is 0 Å². The molecule has 1 aliphatic heterocycles. The molecule has 0 bridgehead atoms. The van der Waals surface area contributed by atoms with E-state index in [0.29, 0.717) is 0 Å². The molecule has 1 unspecified atom stereocenters. The Balaban J connectivity index is 1.56. The Morgan fingerprint density at radius 2 is 2.08 bits per heavy atom. The Bertz CT molecular complexity index is 694. The molecular weight excluding hydrogens is 302 g/mol. The molecule has 2 heterocycles. The maximum Gasteiger partial charge on any atom is 0.225 e. The van der Waals surface area contributed by atoms with E-state index in [4.69, 9.17) is 0 Å². The molecule has 6 heteroatoms. The summed E-state index contributed by atoms with van der Waals surface area (Å²) in [5, 5.41) is 11.2. The Morgan fingerprint density at radius 1 is 1.33 bits per heavy atom. The summed E-state index contributed by atoms with van der Waals surface area (Å²) in [6.07, 6.45) is 2.74. The van der Waals surface area contributed by atoms with Crippen molar-refractivity contribution < 1.29 is 4.79 Å². The second-order valence-corrected chi connectivity index (χ2v) is 7.10. The average molecular weight is 327 g/mol. The Morgan fingerprint density at radius 3 is 2.75 bits per heavy atom. The lowest BCUT2D eigenvalue weighted by Gasteiger charge is -2.25. The van der Waals surface area contributed by atoms with E-state index in [0.717, 1.165) is 31.7 Å². The SMILES string of the molecule is Cn1cc(C(C)(C)NC(=O)C2CCN(Cc3ccccc3)C2)nn1. The molecule has 0 aliphatic carbocycles. The van der Waals surface area contributed by atoms with Crippen LogP contribution in [0.4, 0.5) is 0 Å². The molecule has 1 fully saturated rings. The zero-order valence-corrected chi connectivity index (χ0v) is 14.6. The number of likely N-dealkylation sites (tertiary alicyclic amines) is 1. The normalized spacial score (nSPS) is 18.7. The molecule has 1 saturated heterocycles. The largest absolute Gasteiger partial charge is 0.345 e. The van der Waals surface area contributed by atoms with Crippen molar-refractivity contribution in [1.29, 1.82) is 0 Å². The van der Waals surface area contributed by atoms with Crippen LogP contribution >= 0.6 is 0 Å². The number of carbonyl (C=O) groups is 1. The van der Waals surface area contributed by atoms with Crippen LogP contribution < -0.4 is 5.32 Å². The van der Waals surface area contributed by atoms with E-state index in [1.807, 2.05) is 33.2 Å². The first kappa shape index (κ1) is 16.6. The molecule has 2 aromatic rings. The van der Waals surface area contributed by atoms with Crippen molar-refractivity contribution in [2.24, 2.45) is 13.0 Å². The van der Waals surface area contributed by atoms with Crippen molar-refractivity contribution in [3.05, 3.63) is 47.8 Å². The lowest BCUT2D eigenvalue weighted by atomic mass is 9.99. The number of hydrogen-bond acceptors (Lipinski definition) is 4. The van der Waals surface area contributed by atoms with Crippen LogP contribution in [-0.2, 0) is 23.9 Å². The Kier molecular flexibility index (Phi) is 4.66. The minimum absolute atomic E-state index is 0.0321. The van der Waals surface area contributed by atoms with Gasteiger partial charge in [0.2, 0.25) is 5.91 Å². The number of benzene rings is 1. The van der Waals surface area contributed by atoms with Gasteiger partial charge in [0.1, 0.15) is 5.69 Å². The van der Waals surface area contributed by atoms with E-state index in [1.165, 1.54) is 5.56 Å². The summed E-state index contributed by atoms with van der Waals surface area (Å²) in [4.78, 5) is 15.0. The number of aryl methyl sites for hydroxylation is 1. The van der Waals surface area contributed by atoms with Crippen LogP contribution in [0.25, 0.3) is 0 Å². The van der Waals surface area contributed by atoms with E-state index in [2.05, 4.69) is 44.8 Å². The highest BCUT2D eigenvalue weighted by molar-refractivity contribution is 5.80. The van der Waals surface area contributed by atoms with Crippen molar-refractivity contribution in [2.75, 3.05) is 13.1 Å². The maximum atomic E-state index is 12.6. The first-order valence-corrected chi connectivity index (χ1v) is 8.39. The van der Waals surface area contributed by atoms with Gasteiger partial charge in [-0.1, -0.05) is 35.5 Å². The third-order valence-corrected chi connectivity index (χ3v) is 4.57. The van der Waals surface area contributed by atoms with Gasteiger partial charge >= 0.3 is 0 Å². The van der Waals surface area contributed by atoms with Crippen LogP contribution in [0.1, 0.15) is 31.5 Å². The van der Waals surface area contributed by atoms with Gasteiger partial charge in [-0.25, -0.2) is 0 Å². The van der Waals surface area contributed by atoms with Crippen molar-refractivity contribution in [2.45, 2.75) is 32.4 Å². The van der Waals surface area contributed by atoms with Crippen molar-refractivity contribution in [1.82, 2.24) is 25.2 Å². The minimum atomic E-state index is -0.516. The number of nitrogens with zero attached hydrogens (tertiary/aromatic N) is 4. The molecule has 1 aromatic heterocycles. The van der Waals surface area contributed by atoms with Crippen molar-refractivity contribution in [3.63, 3.8) is 0 Å². The van der Waals surface area contributed by atoms with Crippen LogP contribution in [-0.4, -0.2) is 38.9 Å². The summed E-state index contributed by atoms with van der Waals surface area (Å²) in [5.41, 5.74) is 1.55. The Labute approximate surface area is 142 Å². The predicted octanol–water partition coefficient (Wildman–Crippen LogP) is 1.69. The quantitative estimate of drug-likeness (QED) is 0.908. The first-order valence-electron chi connectivity index (χ1n) is 8.39. The van der Waals surface area contributed by atoms with Gasteiger partial charge in [-0.05, 0) is 32.4 Å². The average Bonchev–Trinajstić information content (AvgIpc) is 3.17. The van der Waals surface area contributed by atoms with Gasteiger partial charge in [-0.3, -0.25) is 14.4 Å². The molecule has 6 nitrogen and oxygen atoms in total. The summed E-state index contributed by atoms with van der Waals surface area (Å²) in [6.45, 7) is 6.59. The molecule has 24 heavy (non-hydrogen) atoms. The fourth-order valence-corrected chi connectivity index (χ4v) is 3.14. The van der Waals surface area contributed by atoms with Gasteiger partial charge in [-0.2, -0.15) is 0 Å². The number of carbonyl (C=O) groups excluding carboxylic acids is 1. The third kappa shape index (κ3) is 3.82. The highest BCUT2D eigenvalue weighted by Crippen LogP contribution is 2.22. The number of rotatable bonds is 5. The molecular formula is C18H25N5O. The zero-order valence-electron chi connectivity index (χ0n) is 14.6. The lowest BCUT2D eigenvalue weighted by molar-refractivity contribution is -0.126. The van der Waals surface area contributed by atoms with Gasteiger partial charge < -0.3 is 5.32 Å². The monoisotopic (exact) mass is 327 g/mol. The summed E-state index contributed by atoms with van der Waals surface area (Å²) in [6, 6.07) is 10.4. The van der Waals surface area contributed by atoms with Crippen LogP contribution in [0.2, 0.25) is 0 Å². The fraction of sp³-hybridized carbons (Fsp3) is 0.500. The van der Waals surface area contributed by atoms with E-state index >= 15 is 0 Å². The van der Waals surface area contributed by atoms with E-state index < -0.39 is 5.54 Å². The van der Waals surface area contributed by atoms with Gasteiger partial charge in [0.15, 0.2) is 0 Å². The van der Waals surface area contributed by atoms with Gasteiger partial charge in [0.25, 0.3) is 0 Å². The zero-order chi connectivity index (χ0) is 17.2. The van der Waals surface area contributed by atoms with Crippen LogP contribution in [0.3, 0.4) is 0 Å². The molecule has 128 valence electrons. The van der Waals surface area contributed by atoms with Gasteiger partial charge in [0.05, 0.1) is 17.7 Å². The van der Waals surface area contributed by atoms with Crippen LogP contribution in [0.5, 0.6) is 0 Å². The van der Waals surface area contributed by atoms with Gasteiger partial charge in [0, 0.05) is 20.1 Å². The number of amides is 1. The highest BCUT2D eigenvalue weighted by Gasteiger charge is 2.33. The number of nitrogens with one attached hydrogen (secondary N) is 1. The molecule has 1 N–H and O–H groups in total. The van der Waals surface area contributed by atoms with E-state index in [1.54, 1.807) is 4.68 Å². The fourth-order valence-electron chi connectivity index (χ4n) is 3.14. The van der Waals surface area contributed by atoms with E-state index in [-0.39, 0.29) is 11.8 Å². The summed E-state index contributed by atoms with van der Waals surface area (Å²) in [5.74, 6) is 0.130. The number of hydrogen-bond donors (Lipinski definition) is 1. The predicted molar refractivity (Wildman–Crippen MR) is 92.0 cm³/mol. The molecule has 0 saturated carbocycles. The van der Waals surface area contributed by atoms with Crippen molar-refractivity contribution >= 4 is 5.91 Å². The van der Waals surface area contributed by atoms with Crippen LogP contribution in [0, 0.1) is 5.92 Å². The second kappa shape index (κ2) is 6.73. The number of aromatic nitrogens is 3. The molecule has 3 rings (SSSR count). The molecule has 1 aliphatic rings. The molecule has 0 radical (unpaired) electrons. The minimum Gasteiger partial charge on any atom is -0.345 e. The summed E-state index contributed by atoms with van der Waals surface area (Å²) >= 11 is 0. The van der Waals surface area contributed by atoms with Crippen LogP contribution in [0.15, 0.2) is 36.5 Å². The van der Waals surface area contributed by atoms with Gasteiger partial charge in [-0.15, -0.1) is 5.10 Å². The highest BCUT2D eigenvalue weighted by atomic mass is 16.2. The second-order valence-electron chi connectivity index (χ2n) is 7.10. The Hall–Kier alpha value is -2.21. The third-order valence-electron chi connectivity index (χ3n) is 4.57. The van der Waals surface area contributed by atoms with E-state index in [9.17, 15) is 4.79 Å². The lowest BCUT2D eigenvalue weighted by Crippen LogP contribution is -2.44. The molecule has 1 amide bonds. The smallest absolute Gasteiger partial charge is 0.225 e. The molecule has 0 spiro atoms. The first-order chi connectivity index (χ1) is 11.4. The standard InChI is InChI=1S/C18H25N5O/c1-18(2,16-13-22(3)21-20-16)19-17(24)15-9-10-23(12-15)11-14-7-5-4-6-8-14/h4-8,13,15H,9-12H2,1-3H3,(H,19,24).